The van der Waals surface area contributed by atoms with Crippen molar-refractivity contribution >= 4 is 24.4 Å². The maximum atomic E-state index is 12.4. The molecular formula is C28H43NO11. The molecule has 1 aromatic carbocycles. The molecule has 0 saturated heterocycles. The van der Waals surface area contributed by atoms with Gasteiger partial charge in [0.05, 0.1) is 26.9 Å². The number of carbonyl (C=O) groups excluding carboxylic acids is 4. The predicted molar refractivity (Wildman–Crippen MR) is 145 cm³/mol. The molecule has 40 heavy (non-hydrogen) atoms. The molecule has 0 unspecified atom stereocenters. The van der Waals surface area contributed by atoms with Crippen LogP contribution in [-0.4, -0.2) is 70.6 Å². The van der Waals surface area contributed by atoms with Crippen molar-refractivity contribution in [1.29, 1.82) is 0 Å². The lowest BCUT2D eigenvalue weighted by Gasteiger charge is -2.18. The molecule has 1 aromatic rings. The van der Waals surface area contributed by atoms with Crippen LogP contribution in [0.25, 0.3) is 0 Å². The van der Waals surface area contributed by atoms with Crippen LogP contribution >= 0.6 is 0 Å². The van der Waals surface area contributed by atoms with Gasteiger partial charge in [0.15, 0.2) is 11.5 Å². The number of ether oxygens (including phenoxy) is 7. The minimum Gasteiger partial charge on any atom is -0.468 e. The number of hydrogen-bond donors (Lipinski definition) is 1. The third kappa shape index (κ3) is 15.2. The van der Waals surface area contributed by atoms with Crippen LogP contribution in [0.15, 0.2) is 18.2 Å². The summed E-state index contributed by atoms with van der Waals surface area (Å²) in [7, 11) is 1.25. The highest BCUT2D eigenvalue weighted by molar-refractivity contribution is 5.76. The van der Waals surface area contributed by atoms with Crippen molar-refractivity contribution in [3.8, 4) is 11.5 Å². The summed E-state index contributed by atoms with van der Waals surface area (Å²) in [5, 5.41) is 2.98. The van der Waals surface area contributed by atoms with E-state index in [9.17, 15) is 19.2 Å². The number of methoxy groups -OCH3 is 1. The molecule has 12 heteroatoms. The van der Waals surface area contributed by atoms with Gasteiger partial charge in [-0.2, -0.15) is 0 Å². The zero-order valence-electron chi connectivity index (χ0n) is 24.0. The van der Waals surface area contributed by atoms with Gasteiger partial charge in [0.1, 0.15) is 12.6 Å². The van der Waals surface area contributed by atoms with Gasteiger partial charge in [0, 0.05) is 6.54 Å². The van der Waals surface area contributed by atoms with Crippen molar-refractivity contribution < 1.29 is 52.3 Å². The van der Waals surface area contributed by atoms with Gasteiger partial charge in [-0.05, 0) is 43.4 Å². The molecule has 1 N–H and O–H groups in total. The SMILES string of the molecule is CCCCCOC(=O)OCCN[C@@H](Cc1ccc(OC(=O)OCCCC)c(OC(=O)OCCCC)c1)C(=O)OC. The van der Waals surface area contributed by atoms with E-state index in [4.69, 9.17) is 33.2 Å². The minimum atomic E-state index is -0.962. The second-order valence-electron chi connectivity index (χ2n) is 8.78. The van der Waals surface area contributed by atoms with Crippen LogP contribution in [0.5, 0.6) is 11.5 Å². The van der Waals surface area contributed by atoms with Crippen LogP contribution in [0.2, 0.25) is 0 Å². The van der Waals surface area contributed by atoms with Crippen LogP contribution in [-0.2, 0) is 34.9 Å². The fourth-order valence-electron chi connectivity index (χ4n) is 3.22. The van der Waals surface area contributed by atoms with Crippen LogP contribution in [0.3, 0.4) is 0 Å². The van der Waals surface area contributed by atoms with E-state index in [0.717, 1.165) is 32.1 Å². The van der Waals surface area contributed by atoms with E-state index in [1.165, 1.54) is 19.2 Å². The van der Waals surface area contributed by atoms with E-state index in [1.807, 2.05) is 20.8 Å². The second kappa shape index (κ2) is 21.3. The van der Waals surface area contributed by atoms with Crippen LogP contribution in [0.1, 0.15) is 71.3 Å². The largest absolute Gasteiger partial charge is 0.513 e. The van der Waals surface area contributed by atoms with Crippen molar-refractivity contribution in [3.63, 3.8) is 0 Å². The van der Waals surface area contributed by atoms with Crippen molar-refractivity contribution in [2.45, 2.75) is 78.2 Å². The van der Waals surface area contributed by atoms with E-state index in [0.29, 0.717) is 18.4 Å². The Hall–Kier alpha value is -3.54. The number of carbonyl (C=O) groups is 4. The Bertz CT molecular complexity index is 906. The third-order valence-corrected chi connectivity index (χ3v) is 5.44. The first kappa shape index (κ1) is 34.5. The van der Waals surface area contributed by atoms with Gasteiger partial charge >= 0.3 is 24.4 Å². The monoisotopic (exact) mass is 569 g/mol. The molecule has 0 aliphatic carbocycles. The molecule has 226 valence electrons. The summed E-state index contributed by atoms with van der Waals surface area (Å²) in [6.45, 7) is 6.74. The topological polar surface area (TPSA) is 145 Å². The molecular weight excluding hydrogens is 526 g/mol. The Kier molecular flexibility index (Phi) is 18.4. The Morgan fingerprint density at radius 2 is 1.25 bits per heavy atom. The summed E-state index contributed by atoms with van der Waals surface area (Å²) in [5.41, 5.74) is 0.558. The number of unbranched alkanes of at least 4 members (excludes halogenated alkanes) is 4. The molecule has 0 amide bonds. The maximum absolute atomic E-state index is 12.4. The molecule has 0 aliphatic heterocycles. The van der Waals surface area contributed by atoms with E-state index >= 15 is 0 Å². The average Bonchev–Trinajstić information content (AvgIpc) is 2.94. The molecule has 0 heterocycles. The first-order valence-electron chi connectivity index (χ1n) is 13.8. The first-order chi connectivity index (χ1) is 19.3. The molecule has 0 aromatic heterocycles. The van der Waals surface area contributed by atoms with Crippen molar-refractivity contribution in [2.75, 3.05) is 40.1 Å². The van der Waals surface area contributed by atoms with Gasteiger partial charge in [0.25, 0.3) is 0 Å². The van der Waals surface area contributed by atoms with Crippen molar-refractivity contribution in [1.82, 2.24) is 5.32 Å². The molecule has 0 aliphatic rings. The Labute approximate surface area is 235 Å². The summed E-state index contributed by atoms with van der Waals surface area (Å²) in [4.78, 5) is 48.3. The molecule has 1 rings (SSSR count). The Balaban J connectivity index is 2.86. The highest BCUT2D eigenvalue weighted by atomic mass is 16.7. The highest BCUT2D eigenvalue weighted by Gasteiger charge is 2.22. The number of benzene rings is 1. The zero-order valence-corrected chi connectivity index (χ0v) is 24.0. The Morgan fingerprint density at radius 1 is 0.700 bits per heavy atom. The van der Waals surface area contributed by atoms with Gasteiger partial charge in [-0.3, -0.25) is 4.79 Å². The fraction of sp³-hybridized carbons (Fsp3) is 0.643. The lowest BCUT2D eigenvalue weighted by atomic mass is 10.1. The van der Waals surface area contributed by atoms with Crippen LogP contribution < -0.4 is 14.8 Å². The van der Waals surface area contributed by atoms with Gasteiger partial charge in [-0.15, -0.1) is 0 Å². The number of rotatable bonds is 19. The number of hydrogen-bond acceptors (Lipinski definition) is 12. The van der Waals surface area contributed by atoms with Gasteiger partial charge < -0.3 is 38.5 Å². The number of esters is 1. The van der Waals surface area contributed by atoms with Crippen LogP contribution in [0, 0.1) is 0 Å². The Morgan fingerprint density at radius 3 is 1.85 bits per heavy atom. The maximum Gasteiger partial charge on any atom is 0.513 e. The summed E-state index contributed by atoms with van der Waals surface area (Å²) >= 11 is 0. The van der Waals surface area contributed by atoms with E-state index in [-0.39, 0.29) is 50.9 Å². The minimum absolute atomic E-state index is 0.0228. The van der Waals surface area contributed by atoms with E-state index in [2.05, 4.69) is 5.32 Å². The molecule has 0 radical (unpaired) electrons. The molecule has 0 saturated carbocycles. The molecule has 0 fully saturated rings. The molecule has 0 spiro atoms. The highest BCUT2D eigenvalue weighted by Crippen LogP contribution is 2.30. The van der Waals surface area contributed by atoms with Gasteiger partial charge in [0.2, 0.25) is 0 Å². The standard InChI is InChI=1S/C28H43NO11/c1-5-8-11-17-35-26(31)38-18-14-29-22(25(30)34-4)19-21-12-13-23(39-27(32)36-15-9-6-2)24(20-21)40-28(33)37-16-10-7-3/h12-13,20,22,29H,5-11,14-19H2,1-4H3/t22-/m0/s1. The summed E-state index contributed by atoms with van der Waals surface area (Å²) < 4.78 is 35.5. The number of nitrogens with one attached hydrogen (secondary N) is 1. The van der Waals surface area contributed by atoms with Crippen molar-refractivity contribution in [2.24, 2.45) is 0 Å². The van der Waals surface area contributed by atoms with Gasteiger partial charge in [-0.1, -0.05) is 52.5 Å². The fourth-order valence-corrected chi connectivity index (χ4v) is 3.22. The smallest absolute Gasteiger partial charge is 0.468 e. The first-order valence-corrected chi connectivity index (χ1v) is 13.8. The third-order valence-electron chi connectivity index (χ3n) is 5.44. The van der Waals surface area contributed by atoms with E-state index in [1.54, 1.807) is 6.07 Å². The van der Waals surface area contributed by atoms with E-state index < -0.39 is 30.5 Å². The lowest BCUT2D eigenvalue weighted by molar-refractivity contribution is -0.143. The van der Waals surface area contributed by atoms with Crippen LogP contribution in [0.4, 0.5) is 14.4 Å². The predicted octanol–water partition coefficient (Wildman–Crippen LogP) is 5.33. The summed E-state index contributed by atoms with van der Waals surface area (Å²) in [6.07, 6.45) is 3.18. The molecule has 1 atom stereocenters. The lowest BCUT2D eigenvalue weighted by Crippen LogP contribution is -2.41. The molecule has 0 bridgehead atoms. The normalized spacial score (nSPS) is 11.2. The van der Waals surface area contributed by atoms with Crippen molar-refractivity contribution in [3.05, 3.63) is 23.8 Å². The summed E-state index contributed by atoms with van der Waals surface area (Å²) in [6, 6.07) is 3.67. The quantitative estimate of drug-likeness (QED) is 0.0994. The zero-order chi connectivity index (χ0) is 29.6. The molecule has 12 nitrogen and oxygen atoms in total. The summed E-state index contributed by atoms with van der Waals surface area (Å²) in [5.74, 6) is -0.682. The average molecular weight is 570 g/mol. The van der Waals surface area contributed by atoms with Gasteiger partial charge in [-0.25, -0.2) is 14.4 Å². The second-order valence-corrected chi connectivity index (χ2v) is 8.78.